The minimum atomic E-state index is -1.04. The van der Waals surface area contributed by atoms with Crippen LogP contribution in [0.2, 0.25) is 0 Å². The predicted octanol–water partition coefficient (Wildman–Crippen LogP) is 1.88. The van der Waals surface area contributed by atoms with Gasteiger partial charge in [0.15, 0.2) is 17.1 Å². The van der Waals surface area contributed by atoms with Gasteiger partial charge in [-0.25, -0.2) is 0 Å². The van der Waals surface area contributed by atoms with Gasteiger partial charge in [-0.15, -0.1) is 0 Å². The number of carbonyl (C=O) groups is 2. The molecular weight excluding hydrogens is 398 g/mol. The number of nitrogens with zero attached hydrogens (tertiary/aromatic N) is 2. The summed E-state index contributed by atoms with van der Waals surface area (Å²) in [5.74, 6) is -0.298. The molecule has 0 aliphatic carbocycles. The fraction of sp³-hybridized carbons (Fsp3) is 0.304. The Morgan fingerprint density at radius 2 is 1.84 bits per heavy atom. The first-order chi connectivity index (χ1) is 15.1. The number of amides is 2. The number of ether oxygens (including phenoxy) is 1. The Hall–Kier alpha value is -3.52. The largest absolute Gasteiger partial charge is 0.493 e. The van der Waals surface area contributed by atoms with E-state index in [4.69, 9.17) is 9.15 Å². The highest BCUT2D eigenvalue weighted by atomic mass is 16.5. The molecule has 162 valence electrons. The van der Waals surface area contributed by atoms with Gasteiger partial charge in [-0.2, -0.15) is 0 Å². The van der Waals surface area contributed by atoms with Gasteiger partial charge in [0, 0.05) is 37.3 Å². The van der Waals surface area contributed by atoms with Crippen LogP contribution in [0.25, 0.3) is 11.0 Å². The van der Waals surface area contributed by atoms with Gasteiger partial charge in [0.1, 0.15) is 6.04 Å². The van der Waals surface area contributed by atoms with E-state index >= 15 is 0 Å². The molecule has 1 fully saturated rings. The third kappa shape index (κ3) is 4.34. The second-order valence-electron chi connectivity index (χ2n) is 7.35. The quantitative estimate of drug-likeness (QED) is 0.629. The summed E-state index contributed by atoms with van der Waals surface area (Å²) >= 11 is 0. The molecule has 1 unspecified atom stereocenters. The molecule has 0 radical (unpaired) electrons. The van der Waals surface area contributed by atoms with Crippen LogP contribution in [0.5, 0.6) is 5.75 Å². The van der Waals surface area contributed by atoms with E-state index in [0.717, 1.165) is 5.69 Å². The van der Waals surface area contributed by atoms with Crippen molar-refractivity contribution in [1.82, 2.24) is 10.2 Å². The van der Waals surface area contributed by atoms with Crippen molar-refractivity contribution < 1.29 is 23.8 Å². The number of carbonyl (C=O) groups excluding carboxylic acids is 2. The summed E-state index contributed by atoms with van der Waals surface area (Å²) in [6.45, 7) is 1.91. The Bertz CT molecular complexity index is 1060. The van der Waals surface area contributed by atoms with Crippen LogP contribution >= 0.6 is 0 Å². The number of hydrogen-bond donors (Lipinski definition) is 2. The second-order valence-corrected chi connectivity index (χ2v) is 7.35. The molecule has 2 aromatic carbocycles. The molecule has 31 heavy (non-hydrogen) atoms. The number of piperazine rings is 1. The number of fused-ring (bicyclic) bond motifs is 1. The van der Waals surface area contributed by atoms with Crippen LogP contribution in [0.3, 0.4) is 0 Å². The van der Waals surface area contributed by atoms with Gasteiger partial charge in [-0.05, 0) is 24.3 Å². The summed E-state index contributed by atoms with van der Waals surface area (Å²) in [6, 6.07) is 15.9. The van der Waals surface area contributed by atoms with Crippen molar-refractivity contribution in [3.05, 3.63) is 60.4 Å². The van der Waals surface area contributed by atoms with Crippen molar-refractivity contribution >= 4 is 28.5 Å². The lowest BCUT2D eigenvalue weighted by atomic mass is 10.2. The van der Waals surface area contributed by atoms with Crippen LogP contribution in [0.15, 0.2) is 59.0 Å². The van der Waals surface area contributed by atoms with Crippen LogP contribution in [-0.2, 0) is 4.79 Å². The van der Waals surface area contributed by atoms with Crippen LogP contribution in [0, 0.1) is 0 Å². The van der Waals surface area contributed by atoms with E-state index in [1.54, 1.807) is 29.2 Å². The van der Waals surface area contributed by atoms with Crippen LogP contribution in [0.1, 0.15) is 10.6 Å². The summed E-state index contributed by atoms with van der Waals surface area (Å²) in [5, 5.41) is 13.1. The number of aliphatic hydroxyl groups is 1. The van der Waals surface area contributed by atoms with Crippen molar-refractivity contribution in [3.63, 3.8) is 0 Å². The molecule has 1 aliphatic heterocycles. The van der Waals surface area contributed by atoms with Gasteiger partial charge in [0.05, 0.1) is 13.7 Å². The van der Waals surface area contributed by atoms with E-state index in [0.29, 0.717) is 42.9 Å². The summed E-state index contributed by atoms with van der Waals surface area (Å²) in [4.78, 5) is 29.4. The molecule has 0 spiro atoms. The molecule has 1 aliphatic rings. The van der Waals surface area contributed by atoms with Crippen LogP contribution in [0.4, 0.5) is 5.69 Å². The zero-order valence-electron chi connectivity index (χ0n) is 17.3. The summed E-state index contributed by atoms with van der Waals surface area (Å²) < 4.78 is 10.9. The minimum Gasteiger partial charge on any atom is -0.493 e. The maximum absolute atomic E-state index is 12.9. The summed E-state index contributed by atoms with van der Waals surface area (Å²) in [6.07, 6.45) is 0. The fourth-order valence-corrected chi connectivity index (χ4v) is 3.77. The molecule has 2 amide bonds. The number of para-hydroxylation sites is 2. The van der Waals surface area contributed by atoms with Crippen molar-refractivity contribution in [3.8, 4) is 5.75 Å². The van der Waals surface area contributed by atoms with Crippen LogP contribution < -0.4 is 15.0 Å². The van der Waals surface area contributed by atoms with Gasteiger partial charge < -0.3 is 29.4 Å². The number of benzene rings is 2. The monoisotopic (exact) mass is 423 g/mol. The van der Waals surface area contributed by atoms with Crippen molar-refractivity contribution in [2.24, 2.45) is 0 Å². The standard InChI is InChI=1S/C23H25N3O5/c1-30-19-9-5-6-16-14-20(31-21(16)19)22(28)24-18(15-27)23(29)26-12-10-25(11-13-26)17-7-3-2-4-8-17/h2-9,14,18,27H,10-13,15H2,1H3,(H,24,28). The highest BCUT2D eigenvalue weighted by Gasteiger charge is 2.29. The zero-order valence-corrected chi connectivity index (χ0v) is 17.3. The lowest BCUT2D eigenvalue weighted by Gasteiger charge is -2.37. The first kappa shape index (κ1) is 20.7. The molecular formula is C23H25N3O5. The highest BCUT2D eigenvalue weighted by Crippen LogP contribution is 2.28. The first-order valence-electron chi connectivity index (χ1n) is 10.2. The van der Waals surface area contributed by atoms with Gasteiger partial charge in [0.25, 0.3) is 5.91 Å². The fourth-order valence-electron chi connectivity index (χ4n) is 3.77. The van der Waals surface area contributed by atoms with E-state index in [1.165, 1.54) is 7.11 Å². The van der Waals surface area contributed by atoms with Gasteiger partial charge in [-0.3, -0.25) is 9.59 Å². The molecule has 1 atom stereocenters. The zero-order chi connectivity index (χ0) is 21.8. The van der Waals surface area contributed by atoms with E-state index < -0.39 is 18.6 Å². The normalized spacial score (nSPS) is 15.0. The lowest BCUT2D eigenvalue weighted by Crippen LogP contribution is -2.56. The molecule has 2 heterocycles. The van der Waals surface area contributed by atoms with E-state index in [9.17, 15) is 14.7 Å². The van der Waals surface area contributed by atoms with Crippen LogP contribution in [-0.4, -0.2) is 67.8 Å². The van der Waals surface area contributed by atoms with Crippen molar-refractivity contribution in [1.29, 1.82) is 0 Å². The molecule has 1 saturated heterocycles. The Kier molecular flexibility index (Phi) is 6.08. The number of nitrogens with one attached hydrogen (secondary N) is 1. The van der Waals surface area contributed by atoms with Crippen molar-refractivity contribution in [2.75, 3.05) is 44.8 Å². The lowest BCUT2D eigenvalue weighted by molar-refractivity contribution is -0.134. The molecule has 8 heteroatoms. The number of hydrogen-bond acceptors (Lipinski definition) is 6. The number of furan rings is 1. The van der Waals surface area contributed by atoms with E-state index in [2.05, 4.69) is 10.2 Å². The highest BCUT2D eigenvalue weighted by molar-refractivity contribution is 5.99. The number of methoxy groups -OCH3 is 1. The maximum atomic E-state index is 12.9. The van der Waals surface area contributed by atoms with Gasteiger partial charge >= 0.3 is 0 Å². The first-order valence-corrected chi connectivity index (χ1v) is 10.2. The Morgan fingerprint density at radius 1 is 1.10 bits per heavy atom. The molecule has 4 rings (SSSR count). The van der Waals surface area contributed by atoms with Gasteiger partial charge in [-0.1, -0.05) is 30.3 Å². The Balaban J connectivity index is 1.40. The average molecular weight is 423 g/mol. The van der Waals surface area contributed by atoms with E-state index in [-0.39, 0.29) is 11.7 Å². The molecule has 8 nitrogen and oxygen atoms in total. The molecule has 0 bridgehead atoms. The predicted molar refractivity (Wildman–Crippen MR) is 116 cm³/mol. The summed E-state index contributed by atoms with van der Waals surface area (Å²) in [7, 11) is 1.52. The molecule has 3 aromatic rings. The SMILES string of the molecule is COc1cccc2cc(C(=O)NC(CO)C(=O)N3CCN(c4ccccc4)CC3)oc12. The third-order valence-electron chi connectivity index (χ3n) is 5.45. The second kappa shape index (κ2) is 9.09. The number of anilines is 1. The molecule has 2 N–H and O–H groups in total. The average Bonchev–Trinajstić information content (AvgIpc) is 3.27. The number of aliphatic hydroxyl groups excluding tert-OH is 1. The minimum absolute atomic E-state index is 0.0552. The third-order valence-corrected chi connectivity index (χ3v) is 5.45. The topological polar surface area (TPSA) is 95.2 Å². The van der Waals surface area contributed by atoms with Gasteiger partial charge in [0.2, 0.25) is 5.91 Å². The Labute approximate surface area is 180 Å². The number of rotatable bonds is 6. The van der Waals surface area contributed by atoms with E-state index in [1.807, 2.05) is 30.3 Å². The van der Waals surface area contributed by atoms with Crippen molar-refractivity contribution in [2.45, 2.75) is 6.04 Å². The Morgan fingerprint density at radius 3 is 2.52 bits per heavy atom. The molecule has 0 saturated carbocycles. The summed E-state index contributed by atoms with van der Waals surface area (Å²) in [5.41, 5.74) is 1.57. The smallest absolute Gasteiger partial charge is 0.287 e. The molecule has 1 aromatic heterocycles. The maximum Gasteiger partial charge on any atom is 0.287 e.